The molecule has 248 valence electrons. The average molecular weight is 674 g/mol. The molecule has 0 aromatic heterocycles. The summed E-state index contributed by atoms with van der Waals surface area (Å²) in [5.41, 5.74) is 10.6. The Kier molecular flexibility index (Phi) is 7.55. The van der Waals surface area contributed by atoms with Crippen molar-refractivity contribution in [3.8, 4) is 33.4 Å². The van der Waals surface area contributed by atoms with E-state index in [9.17, 15) is 0 Å². The summed E-state index contributed by atoms with van der Waals surface area (Å²) in [4.78, 5) is 2.38. The van der Waals surface area contributed by atoms with Gasteiger partial charge in [-0.05, 0) is 125 Å². The first-order valence-corrected chi connectivity index (χ1v) is 18.3. The van der Waals surface area contributed by atoms with E-state index in [1.54, 1.807) is 0 Å². The summed E-state index contributed by atoms with van der Waals surface area (Å²) in [6.07, 6.45) is 0. The Hall–Kier alpha value is -6.96. The molecule has 1 heteroatoms. The Morgan fingerprint density at radius 2 is 0.755 bits per heavy atom. The van der Waals surface area contributed by atoms with Gasteiger partial charge in [0, 0.05) is 17.1 Å². The van der Waals surface area contributed by atoms with Crippen LogP contribution in [-0.4, -0.2) is 0 Å². The van der Waals surface area contributed by atoms with Crippen LogP contribution in [0.2, 0.25) is 0 Å². The summed E-state index contributed by atoms with van der Waals surface area (Å²) < 4.78 is 0. The number of fused-ring (bicyclic) bond motifs is 6. The predicted molar refractivity (Wildman–Crippen MR) is 227 cm³/mol. The minimum atomic E-state index is 1.11. The minimum Gasteiger partial charge on any atom is -0.310 e. The SMILES string of the molecule is c1ccc(-c2cccc(N(c3ccc(-c4cc5c6ccccc6ccc5c5ccccc45)cc3)c3ccc4cc(-c5ccccc5)ccc4c3)c2)cc1. The largest absolute Gasteiger partial charge is 0.310 e. The molecule has 10 aromatic rings. The van der Waals surface area contributed by atoms with E-state index in [0.29, 0.717) is 0 Å². The molecule has 0 saturated heterocycles. The van der Waals surface area contributed by atoms with Crippen molar-refractivity contribution < 1.29 is 0 Å². The van der Waals surface area contributed by atoms with Crippen molar-refractivity contribution in [1.82, 2.24) is 0 Å². The Labute approximate surface area is 309 Å². The summed E-state index contributed by atoms with van der Waals surface area (Å²) in [5, 5.41) is 10.1. The highest BCUT2D eigenvalue weighted by molar-refractivity contribution is 6.21. The van der Waals surface area contributed by atoms with E-state index in [1.165, 1.54) is 76.5 Å². The fourth-order valence-electron chi connectivity index (χ4n) is 7.97. The first-order chi connectivity index (χ1) is 26.3. The second-order valence-electron chi connectivity index (χ2n) is 13.8. The summed E-state index contributed by atoms with van der Waals surface area (Å²) in [6, 6.07) is 77.2. The van der Waals surface area contributed by atoms with Crippen LogP contribution in [0.4, 0.5) is 17.1 Å². The van der Waals surface area contributed by atoms with Crippen LogP contribution in [0.3, 0.4) is 0 Å². The monoisotopic (exact) mass is 673 g/mol. The zero-order chi connectivity index (χ0) is 35.1. The van der Waals surface area contributed by atoms with Crippen LogP contribution in [0, 0.1) is 0 Å². The Morgan fingerprint density at radius 3 is 1.53 bits per heavy atom. The standard InChI is InChI=1S/C52H35N/c1-3-12-36(13-4-1)40-17-11-18-45(33-40)53(46-30-26-42-32-41(22-23-43(42)34-46)37-14-5-2-6-15-37)44-28-24-39(25-29-44)51-35-52-47-19-8-7-16-38(47)27-31-50(52)48-20-9-10-21-49(48)51/h1-35H. The highest BCUT2D eigenvalue weighted by Crippen LogP contribution is 2.42. The van der Waals surface area contributed by atoms with Crippen molar-refractivity contribution in [2.24, 2.45) is 0 Å². The number of nitrogens with zero attached hydrogens (tertiary/aromatic N) is 1. The topological polar surface area (TPSA) is 3.24 Å². The smallest absolute Gasteiger partial charge is 0.0468 e. The van der Waals surface area contributed by atoms with Gasteiger partial charge in [0.05, 0.1) is 0 Å². The quantitative estimate of drug-likeness (QED) is 0.159. The zero-order valence-electron chi connectivity index (χ0n) is 29.2. The number of anilines is 3. The summed E-state index contributed by atoms with van der Waals surface area (Å²) in [6.45, 7) is 0. The van der Waals surface area contributed by atoms with E-state index >= 15 is 0 Å². The number of rotatable bonds is 6. The van der Waals surface area contributed by atoms with Crippen molar-refractivity contribution in [3.63, 3.8) is 0 Å². The van der Waals surface area contributed by atoms with E-state index in [2.05, 4.69) is 217 Å². The van der Waals surface area contributed by atoms with Crippen LogP contribution < -0.4 is 4.90 Å². The number of benzene rings is 10. The molecule has 53 heavy (non-hydrogen) atoms. The first kappa shape index (κ1) is 30.8. The van der Waals surface area contributed by atoms with Crippen molar-refractivity contribution in [2.45, 2.75) is 0 Å². The minimum absolute atomic E-state index is 1.11. The van der Waals surface area contributed by atoms with E-state index in [1.807, 2.05) is 0 Å². The molecule has 0 radical (unpaired) electrons. The molecule has 0 fully saturated rings. The second-order valence-corrected chi connectivity index (χ2v) is 13.8. The maximum atomic E-state index is 2.39. The van der Waals surface area contributed by atoms with Gasteiger partial charge in [0.15, 0.2) is 0 Å². The van der Waals surface area contributed by atoms with E-state index in [0.717, 1.165) is 17.1 Å². The van der Waals surface area contributed by atoms with Crippen molar-refractivity contribution in [3.05, 3.63) is 212 Å². The molecule has 0 heterocycles. The molecule has 1 nitrogen and oxygen atoms in total. The normalized spacial score (nSPS) is 11.4. The molecule has 0 saturated carbocycles. The predicted octanol–water partition coefficient (Wildman–Crippen LogP) is 14.8. The lowest BCUT2D eigenvalue weighted by Crippen LogP contribution is -2.10. The van der Waals surface area contributed by atoms with Crippen LogP contribution in [0.25, 0.3) is 76.5 Å². The molecular formula is C52H35N. The van der Waals surface area contributed by atoms with Crippen LogP contribution in [0.15, 0.2) is 212 Å². The third kappa shape index (κ3) is 5.60. The van der Waals surface area contributed by atoms with E-state index in [-0.39, 0.29) is 0 Å². The van der Waals surface area contributed by atoms with Gasteiger partial charge in [-0.1, -0.05) is 164 Å². The summed E-state index contributed by atoms with van der Waals surface area (Å²) in [5.74, 6) is 0. The van der Waals surface area contributed by atoms with E-state index in [4.69, 9.17) is 0 Å². The molecule has 0 amide bonds. The average Bonchev–Trinajstić information content (AvgIpc) is 3.24. The molecule has 0 aliphatic rings. The molecule has 0 bridgehead atoms. The molecule has 0 aliphatic heterocycles. The van der Waals surface area contributed by atoms with Gasteiger partial charge >= 0.3 is 0 Å². The van der Waals surface area contributed by atoms with Gasteiger partial charge in [-0.25, -0.2) is 0 Å². The fraction of sp³-hybridized carbons (Fsp3) is 0. The molecule has 10 aromatic carbocycles. The van der Waals surface area contributed by atoms with Crippen LogP contribution >= 0.6 is 0 Å². The van der Waals surface area contributed by atoms with Crippen LogP contribution in [-0.2, 0) is 0 Å². The van der Waals surface area contributed by atoms with Gasteiger partial charge in [0.1, 0.15) is 0 Å². The van der Waals surface area contributed by atoms with Gasteiger partial charge < -0.3 is 4.90 Å². The molecular weight excluding hydrogens is 639 g/mol. The van der Waals surface area contributed by atoms with Gasteiger partial charge in [-0.3, -0.25) is 0 Å². The molecule has 10 rings (SSSR count). The number of hydrogen-bond donors (Lipinski definition) is 0. The summed E-state index contributed by atoms with van der Waals surface area (Å²) >= 11 is 0. The van der Waals surface area contributed by atoms with Crippen molar-refractivity contribution in [2.75, 3.05) is 4.90 Å². The van der Waals surface area contributed by atoms with Gasteiger partial charge in [-0.2, -0.15) is 0 Å². The maximum Gasteiger partial charge on any atom is 0.0468 e. The second kappa shape index (κ2) is 13.0. The maximum absolute atomic E-state index is 2.39. The van der Waals surface area contributed by atoms with Gasteiger partial charge in [0.25, 0.3) is 0 Å². The lowest BCUT2D eigenvalue weighted by molar-refractivity contribution is 1.29. The first-order valence-electron chi connectivity index (χ1n) is 18.3. The molecule has 0 aliphatic carbocycles. The van der Waals surface area contributed by atoms with Crippen molar-refractivity contribution in [1.29, 1.82) is 0 Å². The Morgan fingerprint density at radius 1 is 0.226 bits per heavy atom. The molecule has 0 N–H and O–H groups in total. The van der Waals surface area contributed by atoms with Crippen LogP contribution in [0.5, 0.6) is 0 Å². The fourth-order valence-corrected chi connectivity index (χ4v) is 7.97. The lowest BCUT2D eigenvalue weighted by atomic mass is 9.91. The van der Waals surface area contributed by atoms with Gasteiger partial charge in [-0.15, -0.1) is 0 Å². The van der Waals surface area contributed by atoms with Gasteiger partial charge in [0.2, 0.25) is 0 Å². The molecule has 0 atom stereocenters. The highest BCUT2D eigenvalue weighted by atomic mass is 15.1. The zero-order valence-corrected chi connectivity index (χ0v) is 29.2. The molecule has 0 unspecified atom stereocenters. The lowest BCUT2D eigenvalue weighted by Gasteiger charge is -2.27. The summed E-state index contributed by atoms with van der Waals surface area (Å²) in [7, 11) is 0. The highest BCUT2D eigenvalue weighted by Gasteiger charge is 2.16. The number of hydrogen-bond acceptors (Lipinski definition) is 1. The molecule has 0 spiro atoms. The van der Waals surface area contributed by atoms with Crippen LogP contribution in [0.1, 0.15) is 0 Å². The Balaban J connectivity index is 1.11. The Bertz CT molecular complexity index is 2930. The third-order valence-electron chi connectivity index (χ3n) is 10.6. The third-order valence-corrected chi connectivity index (χ3v) is 10.6. The van der Waals surface area contributed by atoms with E-state index < -0.39 is 0 Å². The van der Waals surface area contributed by atoms with Crippen molar-refractivity contribution >= 4 is 60.2 Å².